The largest absolute Gasteiger partial charge is 0.490 e. The molecule has 9 heteroatoms. The van der Waals surface area contributed by atoms with Gasteiger partial charge in [-0.1, -0.05) is 54.2 Å². The molecule has 0 saturated carbocycles. The Labute approximate surface area is 212 Å². The van der Waals surface area contributed by atoms with Crippen LogP contribution in [0.4, 0.5) is 4.39 Å². The molecule has 0 saturated heterocycles. The van der Waals surface area contributed by atoms with E-state index in [4.69, 9.17) is 19.6 Å². The number of ether oxygens (including phenoxy) is 2. The fraction of sp³-hybridized carbons (Fsp3) is 0.222. The SMILES string of the molecule is CCOc1ccc([C@H]2N=c3ccccc3=C3C(=O)NC(SCc4ccccc4F)=NN32)cc1OCC. The molecule has 1 atom stereocenters. The first-order valence-corrected chi connectivity index (χ1v) is 12.7. The molecule has 3 aromatic rings. The Morgan fingerprint density at radius 2 is 1.75 bits per heavy atom. The second-order valence-electron chi connectivity index (χ2n) is 8.02. The monoisotopic (exact) mass is 504 g/mol. The van der Waals surface area contributed by atoms with E-state index in [0.717, 1.165) is 5.56 Å². The summed E-state index contributed by atoms with van der Waals surface area (Å²) in [6, 6.07) is 19.7. The van der Waals surface area contributed by atoms with Gasteiger partial charge in [-0.15, -0.1) is 5.10 Å². The molecule has 0 spiro atoms. The smallest absolute Gasteiger partial charge is 0.276 e. The second-order valence-corrected chi connectivity index (χ2v) is 8.99. The Kier molecular flexibility index (Phi) is 6.90. The predicted octanol–water partition coefficient (Wildman–Crippen LogP) is 3.70. The van der Waals surface area contributed by atoms with E-state index in [-0.39, 0.29) is 11.7 Å². The highest BCUT2D eigenvalue weighted by Gasteiger charge is 2.34. The fourth-order valence-corrected chi connectivity index (χ4v) is 4.94. The lowest BCUT2D eigenvalue weighted by Crippen LogP contribution is -2.50. The van der Waals surface area contributed by atoms with Crippen LogP contribution in [-0.2, 0) is 10.5 Å². The third kappa shape index (κ3) is 4.66. The van der Waals surface area contributed by atoms with Crippen molar-refractivity contribution >= 4 is 28.5 Å². The number of carbonyl (C=O) groups is 1. The highest BCUT2D eigenvalue weighted by atomic mass is 32.2. The molecular weight excluding hydrogens is 479 g/mol. The number of amides is 1. The third-order valence-corrected chi connectivity index (χ3v) is 6.62. The molecule has 0 fully saturated rings. The van der Waals surface area contributed by atoms with Crippen molar-refractivity contribution in [3.63, 3.8) is 0 Å². The quantitative estimate of drug-likeness (QED) is 0.531. The zero-order valence-corrected chi connectivity index (χ0v) is 20.7. The number of rotatable bonds is 7. The molecule has 0 aliphatic carbocycles. The van der Waals surface area contributed by atoms with E-state index in [0.29, 0.717) is 57.5 Å². The van der Waals surface area contributed by atoms with Crippen LogP contribution in [0.2, 0.25) is 0 Å². The maximum atomic E-state index is 14.1. The Balaban J connectivity index is 1.56. The van der Waals surface area contributed by atoms with Crippen molar-refractivity contribution in [2.24, 2.45) is 10.1 Å². The van der Waals surface area contributed by atoms with Crippen molar-refractivity contribution in [3.05, 3.63) is 94.3 Å². The van der Waals surface area contributed by atoms with Gasteiger partial charge in [-0.2, -0.15) is 0 Å². The summed E-state index contributed by atoms with van der Waals surface area (Å²) in [5, 5.41) is 11.0. The molecule has 0 unspecified atom stereocenters. The van der Waals surface area contributed by atoms with Gasteiger partial charge >= 0.3 is 0 Å². The average molecular weight is 505 g/mol. The fourth-order valence-electron chi connectivity index (χ4n) is 4.10. The van der Waals surface area contributed by atoms with E-state index in [2.05, 4.69) is 5.32 Å². The van der Waals surface area contributed by atoms with E-state index < -0.39 is 6.17 Å². The molecule has 7 nitrogen and oxygen atoms in total. The van der Waals surface area contributed by atoms with E-state index >= 15 is 0 Å². The molecule has 0 radical (unpaired) electrons. The minimum absolute atomic E-state index is 0.288. The van der Waals surface area contributed by atoms with Gasteiger partial charge in [-0.25, -0.2) is 9.40 Å². The number of para-hydroxylation sites is 1. The maximum absolute atomic E-state index is 14.1. The highest BCUT2D eigenvalue weighted by molar-refractivity contribution is 8.13. The average Bonchev–Trinajstić information content (AvgIpc) is 2.89. The molecule has 5 rings (SSSR count). The minimum Gasteiger partial charge on any atom is -0.490 e. The second kappa shape index (κ2) is 10.4. The summed E-state index contributed by atoms with van der Waals surface area (Å²) in [5.41, 5.74) is 1.74. The first kappa shape index (κ1) is 23.9. The molecule has 2 heterocycles. The molecule has 2 aliphatic heterocycles. The van der Waals surface area contributed by atoms with Gasteiger partial charge in [0, 0.05) is 16.5 Å². The standard InChI is InChI=1S/C27H25FN4O3S/c1-3-34-22-14-13-17(15-23(22)35-4-2)25-29-21-12-8-6-10-19(21)24-26(33)30-27(31-32(24)25)36-16-18-9-5-7-11-20(18)28/h5-15,25H,3-4,16H2,1-2H3,(H,30,31,33)/t25-/m0/s1. The molecule has 3 aromatic carbocycles. The number of nitrogens with one attached hydrogen (secondary N) is 1. The lowest BCUT2D eigenvalue weighted by molar-refractivity contribution is -0.116. The minimum atomic E-state index is -0.597. The Morgan fingerprint density at radius 1 is 1.00 bits per heavy atom. The molecule has 1 amide bonds. The zero-order valence-electron chi connectivity index (χ0n) is 19.9. The van der Waals surface area contributed by atoms with Gasteiger partial charge in [-0.05, 0) is 43.7 Å². The number of halogens is 1. The summed E-state index contributed by atoms with van der Waals surface area (Å²) in [6.07, 6.45) is -0.597. The van der Waals surface area contributed by atoms with E-state index in [1.165, 1.54) is 17.8 Å². The van der Waals surface area contributed by atoms with Crippen LogP contribution in [0.3, 0.4) is 0 Å². The Hall–Kier alpha value is -3.85. The lowest BCUT2D eigenvalue weighted by Gasteiger charge is -2.34. The molecule has 0 aromatic heterocycles. The first-order valence-electron chi connectivity index (χ1n) is 11.7. The molecular formula is C27H25FN4O3S. The van der Waals surface area contributed by atoms with Crippen LogP contribution in [-0.4, -0.2) is 29.3 Å². The summed E-state index contributed by atoms with van der Waals surface area (Å²) < 4.78 is 25.7. The van der Waals surface area contributed by atoms with Gasteiger partial charge in [0.15, 0.2) is 22.8 Å². The van der Waals surface area contributed by atoms with Crippen LogP contribution in [0.1, 0.15) is 31.1 Å². The summed E-state index contributed by atoms with van der Waals surface area (Å²) in [7, 11) is 0. The molecule has 184 valence electrons. The van der Waals surface area contributed by atoms with Crippen molar-refractivity contribution < 1.29 is 18.7 Å². The summed E-state index contributed by atoms with van der Waals surface area (Å²) in [6.45, 7) is 4.82. The highest BCUT2D eigenvalue weighted by Crippen LogP contribution is 2.36. The van der Waals surface area contributed by atoms with Crippen LogP contribution in [0, 0.1) is 5.82 Å². The van der Waals surface area contributed by atoms with Crippen LogP contribution in [0.5, 0.6) is 11.5 Å². The normalized spacial score (nSPS) is 16.4. The number of thioether (sulfide) groups is 1. The summed E-state index contributed by atoms with van der Waals surface area (Å²) >= 11 is 1.26. The number of carbonyl (C=O) groups excluding carboxylic acids is 1. The number of nitrogens with zero attached hydrogens (tertiary/aromatic N) is 3. The van der Waals surface area contributed by atoms with Crippen LogP contribution in [0.15, 0.2) is 76.8 Å². The van der Waals surface area contributed by atoms with Gasteiger partial charge < -0.3 is 9.47 Å². The summed E-state index contributed by atoms with van der Waals surface area (Å²) in [5.74, 6) is 0.990. The lowest BCUT2D eigenvalue weighted by atomic mass is 10.1. The van der Waals surface area contributed by atoms with E-state index in [1.54, 1.807) is 23.2 Å². The number of hydrogen-bond acceptors (Lipinski definition) is 7. The topological polar surface area (TPSA) is 75.5 Å². The van der Waals surface area contributed by atoms with Gasteiger partial charge in [0.05, 0.1) is 18.6 Å². The number of benzene rings is 3. The number of fused-ring (bicyclic) bond motifs is 2. The van der Waals surface area contributed by atoms with Crippen molar-refractivity contribution in [1.82, 2.24) is 10.3 Å². The van der Waals surface area contributed by atoms with Crippen molar-refractivity contribution in [3.8, 4) is 11.5 Å². The Bertz CT molecular complexity index is 1460. The molecule has 36 heavy (non-hydrogen) atoms. The first-order chi connectivity index (χ1) is 17.6. The predicted molar refractivity (Wildman–Crippen MR) is 137 cm³/mol. The zero-order chi connectivity index (χ0) is 25.1. The molecule has 2 aliphatic rings. The van der Waals surface area contributed by atoms with Crippen molar-refractivity contribution in [2.45, 2.75) is 25.8 Å². The van der Waals surface area contributed by atoms with Crippen LogP contribution in [0.25, 0.3) is 5.70 Å². The van der Waals surface area contributed by atoms with Crippen molar-refractivity contribution in [2.75, 3.05) is 13.2 Å². The molecule has 1 N–H and O–H groups in total. The van der Waals surface area contributed by atoms with E-state index in [9.17, 15) is 9.18 Å². The van der Waals surface area contributed by atoms with Gasteiger partial charge in [-0.3, -0.25) is 15.1 Å². The van der Waals surface area contributed by atoms with Gasteiger partial charge in [0.25, 0.3) is 5.91 Å². The number of amidine groups is 1. The third-order valence-electron chi connectivity index (χ3n) is 5.70. The Morgan fingerprint density at radius 3 is 2.56 bits per heavy atom. The number of hydrazone groups is 1. The van der Waals surface area contributed by atoms with Gasteiger partial charge in [0.1, 0.15) is 11.5 Å². The van der Waals surface area contributed by atoms with Gasteiger partial charge in [0.2, 0.25) is 0 Å². The summed E-state index contributed by atoms with van der Waals surface area (Å²) in [4.78, 5) is 18.3. The van der Waals surface area contributed by atoms with E-state index in [1.807, 2.05) is 56.3 Å². The maximum Gasteiger partial charge on any atom is 0.276 e. The van der Waals surface area contributed by atoms with Crippen LogP contribution < -0.4 is 25.4 Å². The number of hydrogen-bond donors (Lipinski definition) is 1. The molecule has 0 bridgehead atoms. The van der Waals surface area contributed by atoms with Crippen molar-refractivity contribution in [1.29, 1.82) is 0 Å². The van der Waals surface area contributed by atoms with Crippen LogP contribution >= 0.6 is 11.8 Å².